The lowest BCUT2D eigenvalue weighted by atomic mass is 9.82. The van der Waals surface area contributed by atoms with Crippen LogP contribution in [0.15, 0.2) is 200 Å². The van der Waals surface area contributed by atoms with Crippen molar-refractivity contribution in [2.45, 2.75) is 57.8 Å². The van der Waals surface area contributed by atoms with E-state index in [1.54, 1.807) is 0 Å². The molecule has 0 fully saturated rings. The van der Waals surface area contributed by atoms with Gasteiger partial charge in [-0.2, -0.15) is 0 Å². The first-order chi connectivity index (χ1) is 31.0. The fourth-order valence-electron chi connectivity index (χ4n) is 11.8. The van der Waals surface area contributed by atoms with E-state index < -0.39 is 0 Å². The Morgan fingerprint density at radius 2 is 0.469 bits per heavy atom. The minimum absolute atomic E-state index is 0.0458. The van der Waals surface area contributed by atoms with E-state index in [1.807, 2.05) is 0 Å². The Kier molecular flexibility index (Phi) is 8.35. The molecule has 1 nitrogen and oxygen atoms in total. The van der Waals surface area contributed by atoms with Crippen molar-refractivity contribution < 1.29 is 0 Å². The molecule has 9 aromatic rings. The zero-order valence-corrected chi connectivity index (χ0v) is 37.5. The quantitative estimate of drug-likeness (QED) is 0.161. The first-order valence-corrected chi connectivity index (χ1v) is 22.8. The van der Waals surface area contributed by atoms with E-state index in [2.05, 4.69) is 247 Å². The Hall–Kier alpha value is -7.22. The average Bonchev–Trinajstić information content (AvgIpc) is 3.82. The number of fused-ring (bicyclic) bond motifs is 9. The number of anilines is 3. The molecule has 0 saturated carbocycles. The highest BCUT2D eigenvalue weighted by Gasteiger charge is 2.39. The van der Waals surface area contributed by atoms with Crippen LogP contribution in [0.2, 0.25) is 0 Å². The molecule has 0 aliphatic heterocycles. The van der Waals surface area contributed by atoms with Gasteiger partial charge in [-0.25, -0.2) is 0 Å². The molecule has 0 amide bonds. The molecule has 0 atom stereocenters. The van der Waals surface area contributed by atoms with Gasteiger partial charge in [0.15, 0.2) is 0 Å². The Morgan fingerprint density at radius 3 is 0.750 bits per heavy atom. The summed E-state index contributed by atoms with van der Waals surface area (Å²) in [5.74, 6) is 0. The highest BCUT2D eigenvalue weighted by Crippen LogP contribution is 2.55. The molecule has 0 spiro atoms. The van der Waals surface area contributed by atoms with Gasteiger partial charge in [-0.1, -0.05) is 205 Å². The summed E-state index contributed by atoms with van der Waals surface area (Å²) in [6, 6.07) is 75.0. The maximum atomic E-state index is 2.41. The van der Waals surface area contributed by atoms with Crippen LogP contribution in [-0.4, -0.2) is 0 Å². The lowest BCUT2D eigenvalue weighted by Crippen LogP contribution is -2.14. The standard InChI is InChI=1S/C63H51N/c1-61(2)52-22-10-7-16-49(52)58-46(19-13-25-55(58)61)40-28-34-43(35-29-40)64(44-36-30-41(31-37-44)47-20-14-26-56-59(47)50-17-8-11-23-53(50)62(56,3)4)45-38-32-42(33-39-45)48-21-15-27-57-60(48)51-18-9-12-24-54(51)63(57,5)6/h7-39H,1-6H3. The van der Waals surface area contributed by atoms with E-state index in [4.69, 9.17) is 0 Å². The summed E-state index contributed by atoms with van der Waals surface area (Å²) >= 11 is 0. The fraction of sp³-hybridized carbons (Fsp3) is 0.143. The minimum Gasteiger partial charge on any atom is -0.311 e. The zero-order chi connectivity index (χ0) is 43.5. The molecular formula is C63H51N. The molecule has 3 aliphatic carbocycles. The molecule has 0 radical (unpaired) electrons. The molecule has 0 saturated heterocycles. The van der Waals surface area contributed by atoms with Gasteiger partial charge in [0.1, 0.15) is 0 Å². The highest BCUT2D eigenvalue weighted by atomic mass is 15.1. The smallest absolute Gasteiger partial charge is 0.0462 e. The Morgan fingerprint density at radius 1 is 0.234 bits per heavy atom. The summed E-state index contributed by atoms with van der Waals surface area (Å²) in [4.78, 5) is 2.41. The van der Waals surface area contributed by atoms with Crippen molar-refractivity contribution >= 4 is 17.1 Å². The van der Waals surface area contributed by atoms with Gasteiger partial charge in [0.05, 0.1) is 0 Å². The van der Waals surface area contributed by atoms with Gasteiger partial charge in [-0.3, -0.25) is 0 Å². The molecule has 12 rings (SSSR count). The van der Waals surface area contributed by atoms with Crippen molar-refractivity contribution in [2.75, 3.05) is 4.90 Å². The minimum atomic E-state index is -0.0458. The van der Waals surface area contributed by atoms with Crippen LogP contribution < -0.4 is 4.90 Å². The Balaban J connectivity index is 0.963. The first kappa shape index (κ1) is 38.5. The van der Waals surface area contributed by atoms with Gasteiger partial charge < -0.3 is 4.90 Å². The molecule has 0 heterocycles. The Labute approximate surface area is 378 Å². The van der Waals surface area contributed by atoms with E-state index in [9.17, 15) is 0 Å². The zero-order valence-electron chi connectivity index (χ0n) is 37.5. The third-order valence-corrected chi connectivity index (χ3v) is 15.1. The van der Waals surface area contributed by atoms with E-state index >= 15 is 0 Å². The SMILES string of the molecule is CC1(C)c2ccccc2-c2c(-c3ccc(N(c4ccc(-c5cccc6c5-c5ccccc5C6(C)C)cc4)c4ccc(-c5cccc6c5-c5ccccc5C6(C)C)cc4)cc3)cccc21. The van der Waals surface area contributed by atoms with Crippen molar-refractivity contribution in [2.24, 2.45) is 0 Å². The number of benzene rings is 9. The van der Waals surface area contributed by atoms with Crippen molar-refractivity contribution in [3.8, 4) is 66.8 Å². The van der Waals surface area contributed by atoms with E-state index in [0.29, 0.717) is 0 Å². The van der Waals surface area contributed by atoms with Gasteiger partial charge >= 0.3 is 0 Å². The van der Waals surface area contributed by atoms with Gasteiger partial charge in [0, 0.05) is 33.3 Å². The number of hydrogen-bond donors (Lipinski definition) is 0. The van der Waals surface area contributed by atoms with Crippen molar-refractivity contribution in [1.29, 1.82) is 0 Å². The third-order valence-electron chi connectivity index (χ3n) is 15.1. The molecule has 308 valence electrons. The molecule has 0 N–H and O–H groups in total. The normalized spacial score (nSPS) is 15.1. The van der Waals surface area contributed by atoms with Crippen LogP contribution in [0.25, 0.3) is 66.8 Å². The molecule has 3 aliphatic rings. The fourth-order valence-corrected chi connectivity index (χ4v) is 11.8. The van der Waals surface area contributed by atoms with E-state index in [1.165, 1.54) is 100 Å². The van der Waals surface area contributed by atoms with E-state index in [-0.39, 0.29) is 16.2 Å². The van der Waals surface area contributed by atoms with Crippen molar-refractivity contribution in [3.05, 3.63) is 234 Å². The van der Waals surface area contributed by atoms with Gasteiger partial charge in [0.25, 0.3) is 0 Å². The van der Waals surface area contributed by atoms with Crippen LogP contribution in [0.1, 0.15) is 74.9 Å². The predicted octanol–water partition coefficient (Wildman–Crippen LogP) is 17.1. The highest BCUT2D eigenvalue weighted by molar-refractivity contribution is 5.96. The molecular weight excluding hydrogens is 771 g/mol. The summed E-state index contributed by atoms with van der Waals surface area (Å²) in [6.07, 6.45) is 0. The van der Waals surface area contributed by atoms with Gasteiger partial charge in [-0.05, 0) is 137 Å². The van der Waals surface area contributed by atoms with Crippen LogP contribution in [-0.2, 0) is 16.2 Å². The molecule has 0 aromatic heterocycles. The van der Waals surface area contributed by atoms with Crippen LogP contribution in [0.4, 0.5) is 17.1 Å². The van der Waals surface area contributed by atoms with Crippen molar-refractivity contribution in [3.63, 3.8) is 0 Å². The average molecular weight is 822 g/mol. The number of nitrogens with zero attached hydrogens (tertiary/aromatic N) is 1. The Bertz CT molecular complexity index is 2970. The van der Waals surface area contributed by atoms with Crippen molar-refractivity contribution in [1.82, 2.24) is 0 Å². The summed E-state index contributed by atoms with van der Waals surface area (Å²) in [7, 11) is 0. The lowest BCUT2D eigenvalue weighted by molar-refractivity contribution is 0.660. The second-order valence-electron chi connectivity index (χ2n) is 19.7. The summed E-state index contributed by atoms with van der Waals surface area (Å²) < 4.78 is 0. The molecule has 0 bridgehead atoms. The summed E-state index contributed by atoms with van der Waals surface area (Å²) in [6.45, 7) is 14.1. The van der Waals surface area contributed by atoms with Crippen LogP contribution in [0, 0.1) is 0 Å². The molecule has 1 heteroatoms. The summed E-state index contributed by atoms with van der Waals surface area (Å²) in [5, 5.41) is 0. The molecule has 64 heavy (non-hydrogen) atoms. The first-order valence-electron chi connectivity index (χ1n) is 22.8. The predicted molar refractivity (Wildman–Crippen MR) is 270 cm³/mol. The van der Waals surface area contributed by atoms with Crippen LogP contribution in [0.3, 0.4) is 0 Å². The lowest BCUT2D eigenvalue weighted by Gasteiger charge is -2.27. The van der Waals surface area contributed by atoms with Crippen LogP contribution in [0.5, 0.6) is 0 Å². The largest absolute Gasteiger partial charge is 0.311 e. The topological polar surface area (TPSA) is 3.24 Å². The van der Waals surface area contributed by atoms with Gasteiger partial charge in [-0.15, -0.1) is 0 Å². The number of rotatable bonds is 6. The second kappa shape index (κ2) is 13.9. The van der Waals surface area contributed by atoms with E-state index in [0.717, 1.165) is 17.1 Å². The molecule has 9 aromatic carbocycles. The summed E-state index contributed by atoms with van der Waals surface area (Å²) in [5.41, 5.74) is 27.2. The monoisotopic (exact) mass is 821 g/mol. The second-order valence-corrected chi connectivity index (χ2v) is 19.7. The number of hydrogen-bond acceptors (Lipinski definition) is 1. The maximum Gasteiger partial charge on any atom is 0.0462 e. The third kappa shape index (κ3) is 5.50. The van der Waals surface area contributed by atoms with Crippen LogP contribution >= 0.6 is 0 Å². The molecule has 0 unspecified atom stereocenters. The van der Waals surface area contributed by atoms with Gasteiger partial charge in [0.2, 0.25) is 0 Å². The maximum absolute atomic E-state index is 2.41.